The molecule has 0 amide bonds. The van der Waals surface area contributed by atoms with Crippen molar-refractivity contribution in [3.05, 3.63) is 47.0 Å². The van der Waals surface area contributed by atoms with E-state index >= 15 is 0 Å². The molecule has 0 radical (unpaired) electrons. The van der Waals surface area contributed by atoms with Gasteiger partial charge in [0.15, 0.2) is 0 Å². The maximum Gasteiger partial charge on any atom is 0.139 e. The van der Waals surface area contributed by atoms with E-state index in [2.05, 4.69) is 32.1 Å². The van der Waals surface area contributed by atoms with Gasteiger partial charge in [-0.3, -0.25) is 9.59 Å². The van der Waals surface area contributed by atoms with E-state index in [1.807, 2.05) is 13.0 Å². The van der Waals surface area contributed by atoms with Gasteiger partial charge < -0.3 is 4.42 Å². The summed E-state index contributed by atoms with van der Waals surface area (Å²) in [6.45, 7) is 6.48. The number of ketones is 2. The molecular weight excluding hydrogens is 336 g/mol. The van der Waals surface area contributed by atoms with Crippen LogP contribution in [0.3, 0.4) is 0 Å². The van der Waals surface area contributed by atoms with Crippen LogP contribution in [-0.2, 0) is 9.59 Å². The molecule has 3 nitrogen and oxygen atoms in total. The lowest BCUT2D eigenvalue weighted by Gasteiger charge is -2.53. The fourth-order valence-corrected chi connectivity index (χ4v) is 6.48. The first-order valence-electron chi connectivity index (χ1n) is 10.4. The van der Waals surface area contributed by atoms with E-state index < -0.39 is 0 Å². The molecule has 2 saturated carbocycles. The first kappa shape index (κ1) is 17.2. The van der Waals surface area contributed by atoms with E-state index in [1.54, 1.807) is 0 Å². The zero-order chi connectivity index (χ0) is 19.0. The lowest BCUT2D eigenvalue weighted by Crippen LogP contribution is -2.46. The standard InChI is InChI=1S/C24H28O3/c1-14-4-6-20(27-14)17-13-15-12-16(25)8-10-23(15,2)19-9-11-24(3)18(22(17)19)5-7-21(24)26/h4,6,9,13,17-18,22H,5,7-8,10-12H2,1-3H3/t17?,18?,22?,23-,24-/m0/s1. The topological polar surface area (TPSA) is 47.3 Å². The molecule has 4 aliphatic rings. The largest absolute Gasteiger partial charge is 0.466 e. The fraction of sp³-hybridized carbons (Fsp3) is 0.583. The van der Waals surface area contributed by atoms with Crippen LogP contribution in [-0.4, -0.2) is 11.6 Å². The number of allylic oxidation sites excluding steroid dienone is 4. The van der Waals surface area contributed by atoms with Crippen molar-refractivity contribution < 1.29 is 14.0 Å². The van der Waals surface area contributed by atoms with E-state index in [-0.39, 0.29) is 16.7 Å². The third kappa shape index (κ3) is 2.26. The summed E-state index contributed by atoms with van der Waals surface area (Å²) in [6.07, 6.45) is 9.38. The Labute approximate surface area is 160 Å². The second-order valence-corrected chi connectivity index (χ2v) is 9.59. The zero-order valence-electron chi connectivity index (χ0n) is 16.5. The van der Waals surface area contributed by atoms with E-state index in [0.29, 0.717) is 42.7 Å². The molecular formula is C24H28O3. The van der Waals surface area contributed by atoms with Crippen LogP contribution in [0, 0.1) is 29.6 Å². The molecule has 5 rings (SSSR count). The van der Waals surface area contributed by atoms with Crippen molar-refractivity contribution in [3.63, 3.8) is 0 Å². The van der Waals surface area contributed by atoms with Crippen molar-refractivity contribution in [2.45, 2.75) is 65.2 Å². The predicted molar refractivity (Wildman–Crippen MR) is 103 cm³/mol. The highest BCUT2D eigenvalue weighted by atomic mass is 16.3. The summed E-state index contributed by atoms with van der Waals surface area (Å²) < 4.78 is 6.08. The van der Waals surface area contributed by atoms with Crippen LogP contribution >= 0.6 is 0 Å². The quantitative estimate of drug-likeness (QED) is 0.635. The van der Waals surface area contributed by atoms with Crippen LogP contribution in [0.5, 0.6) is 0 Å². The van der Waals surface area contributed by atoms with Crippen molar-refractivity contribution in [1.82, 2.24) is 0 Å². The van der Waals surface area contributed by atoms with Gasteiger partial charge in [0.2, 0.25) is 0 Å². The van der Waals surface area contributed by atoms with E-state index in [1.165, 1.54) is 11.1 Å². The highest BCUT2D eigenvalue weighted by molar-refractivity contribution is 5.88. The molecule has 4 aliphatic carbocycles. The average molecular weight is 364 g/mol. The number of rotatable bonds is 1. The van der Waals surface area contributed by atoms with E-state index in [0.717, 1.165) is 30.8 Å². The second-order valence-electron chi connectivity index (χ2n) is 9.59. The number of hydrogen-bond donors (Lipinski definition) is 0. The summed E-state index contributed by atoms with van der Waals surface area (Å²) in [5, 5.41) is 0. The number of fused-ring (bicyclic) bond motifs is 5. The van der Waals surface area contributed by atoms with Gasteiger partial charge in [-0.05, 0) is 50.2 Å². The third-order valence-electron chi connectivity index (χ3n) is 8.17. The number of hydrogen-bond acceptors (Lipinski definition) is 3. The molecule has 1 aromatic heterocycles. The van der Waals surface area contributed by atoms with Gasteiger partial charge in [0.1, 0.15) is 23.1 Å². The Bertz CT molecular complexity index is 900. The smallest absolute Gasteiger partial charge is 0.139 e. The van der Waals surface area contributed by atoms with Crippen LogP contribution in [0.25, 0.3) is 0 Å². The van der Waals surface area contributed by atoms with Crippen LogP contribution in [0.2, 0.25) is 0 Å². The number of aryl methyl sites for hydroxylation is 1. The minimum Gasteiger partial charge on any atom is -0.466 e. The van der Waals surface area contributed by atoms with Gasteiger partial charge in [-0.25, -0.2) is 0 Å². The maximum atomic E-state index is 12.7. The summed E-state index contributed by atoms with van der Waals surface area (Å²) >= 11 is 0. The Morgan fingerprint density at radius 2 is 1.96 bits per heavy atom. The maximum absolute atomic E-state index is 12.7. The molecule has 0 bridgehead atoms. The minimum atomic E-state index is -0.236. The van der Waals surface area contributed by atoms with Crippen molar-refractivity contribution in [2.75, 3.05) is 0 Å². The van der Waals surface area contributed by atoms with Crippen molar-refractivity contribution >= 4 is 11.6 Å². The molecule has 0 spiro atoms. The van der Waals surface area contributed by atoms with Crippen LogP contribution in [0.15, 0.2) is 39.8 Å². The molecule has 2 fully saturated rings. The van der Waals surface area contributed by atoms with Crippen LogP contribution in [0.1, 0.15) is 69.8 Å². The van der Waals surface area contributed by atoms with Crippen molar-refractivity contribution in [3.8, 4) is 0 Å². The van der Waals surface area contributed by atoms with Gasteiger partial charge in [-0.2, -0.15) is 0 Å². The molecule has 0 aromatic carbocycles. The highest BCUT2D eigenvalue weighted by Crippen LogP contribution is 2.64. The lowest BCUT2D eigenvalue weighted by atomic mass is 9.50. The van der Waals surface area contributed by atoms with Gasteiger partial charge in [-0.1, -0.05) is 37.1 Å². The first-order chi connectivity index (χ1) is 12.8. The molecule has 0 saturated heterocycles. The Hall–Kier alpha value is -1.90. The van der Waals surface area contributed by atoms with E-state index in [9.17, 15) is 9.59 Å². The van der Waals surface area contributed by atoms with Gasteiger partial charge in [0.05, 0.1) is 0 Å². The molecule has 0 N–H and O–H groups in total. The summed E-state index contributed by atoms with van der Waals surface area (Å²) in [5.41, 5.74) is 2.49. The van der Waals surface area contributed by atoms with Gasteiger partial charge >= 0.3 is 0 Å². The first-order valence-corrected chi connectivity index (χ1v) is 10.4. The molecule has 3 unspecified atom stereocenters. The third-order valence-corrected chi connectivity index (χ3v) is 8.17. The normalized spacial score (nSPS) is 40.8. The lowest BCUT2D eigenvalue weighted by molar-refractivity contribution is -0.127. The monoisotopic (exact) mass is 364 g/mol. The molecule has 5 atom stereocenters. The summed E-state index contributed by atoms with van der Waals surface area (Å²) in [7, 11) is 0. The molecule has 142 valence electrons. The zero-order valence-corrected chi connectivity index (χ0v) is 16.5. The highest BCUT2D eigenvalue weighted by Gasteiger charge is 2.58. The molecule has 27 heavy (non-hydrogen) atoms. The minimum absolute atomic E-state index is 0.0241. The summed E-state index contributed by atoms with van der Waals surface area (Å²) in [5.74, 6) is 3.49. The molecule has 3 heteroatoms. The second kappa shape index (κ2) is 5.56. The Kier molecular flexibility index (Phi) is 3.54. The van der Waals surface area contributed by atoms with E-state index in [4.69, 9.17) is 4.42 Å². The number of Topliss-reactive ketones (excluding diaryl/α,β-unsaturated/α-hetero) is 2. The Balaban J connectivity index is 1.70. The summed E-state index contributed by atoms with van der Waals surface area (Å²) in [6, 6.07) is 4.11. The number of carbonyl (C=O) groups excluding carboxylic acids is 2. The summed E-state index contributed by atoms with van der Waals surface area (Å²) in [4.78, 5) is 25.0. The fourth-order valence-electron chi connectivity index (χ4n) is 6.48. The Morgan fingerprint density at radius 3 is 2.70 bits per heavy atom. The number of furan rings is 1. The number of carbonyl (C=O) groups is 2. The van der Waals surface area contributed by atoms with Gasteiger partial charge in [0.25, 0.3) is 0 Å². The predicted octanol–water partition coefficient (Wildman–Crippen LogP) is 5.30. The molecule has 0 aliphatic heterocycles. The molecule has 1 aromatic rings. The van der Waals surface area contributed by atoms with Crippen LogP contribution < -0.4 is 0 Å². The SMILES string of the molecule is Cc1ccc(C2C=C3CC(=O)CC[C@]3(C)C3=CC[C@]4(C)C(=O)CCC4C32)o1. The van der Waals surface area contributed by atoms with Gasteiger partial charge in [-0.15, -0.1) is 0 Å². The average Bonchev–Trinajstić information content (AvgIpc) is 3.19. The van der Waals surface area contributed by atoms with Crippen molar-refractivity contribution in [1.29, 1.82) is 0 Å². The van der Waals surface area contributed by atoms with Gasteiger partial charge in [0, 0.05) is 36.0 Å². The van der Waals surface area contributed by atoms with Crippen molar-refractivity contribution in [2.24, 2.45) is 22.7 Å². The Morgan fingerprint density at radius 1 is 1.15 bits per heavy atom. The molecule has 1 heterocycles. The van der Waals surface area contributed by atoms with Crippen LogP contribution in [0.4, 0.5) is 0 Å².